The first-order chi connectivity index (χ1) is 18.2. The molecule has 0 bridgehead atoms. The minimum absolute atomic E-state index is 0.0528. The summed E-state index contributed by atoms with van der Waals surface area (Å²) in [4.78, 5) is 16.2. The Morgan fingerprint density at radius 1 is 1.16 bits per heavy atom. The second-order valence-corrected chi connectivity index (χ2v) is 12.6. The van der Waals surface area contributed by atoms with E-state index in [9.17, 15) is 9.35 Å². The van der Waals surface area contributed by atoms with Gasteiger partial charge in [-0.05, 0) is 74.4 Å². The standard InChI is InChI=1S/C29H31FN2O4S2/c1-5-35-26(33)16-20-8-6-7-9-25(20)36-18-19-14-21-11-13-37-28(21)23(15-19)22-10-12-31-24(27(22)30)17-32-38(34)29(2,3)4/h6-15,32H,5,16-18H2,1-4H3. The highest BCUT2D eigenvalue weighted by atomic mass is 32.2. The van der Waals surface area contributed by atoms with E-state index in [1.54, 1.807) is 19.2 Å². The average Bonchev–Trinajstić information content (AvgIpc) is 3.35. The Labute approximate surface area is 229 Å². The molecule has 0 aliphatic carbocycles. The number of ether oxygens (including phenoxy) is 2. The second-order valence-electron chi connectivity index (χ2n) is 9.68. The lowest BCUT2D eigenvalue weighted by Crippen LogP contribution is -2.39. The fourth-order valence-corrected chi connectivity index (χ4v) is 5.53. The molecule has 200 valence electrons. The van der Waals surface area contributed by atoms with Crippen LogP contribution in [0.4, 0.5) is 4.39 Å². The maximum absolute atomic E-state index is 15.7. The van der Waals surface area contributed by atoms with Crippen molar-refractivity contribution in [3.63, 3.8) is 0 Å². The number of nitrogens with zero attached hydrogens (tertiary/aromatic N) is 1. The minimum atomic E-state index is -1.35. The molecule has 1 unspecified atom stereocenters. The summed E-state index contributed by atoms with van der Waals surface area (Å²) in [6.07, 6.45) is 1.70. The lowest BCUT2D eigenvalue weighted by Gasteiger charge is -2.23. The number of hydrogen-bond acceptors (Lipinski definition) is 7. The molecule has 1 atom stereocenters. The molecule has 4 rings (SSSR count). The number of benzene rings is 2. The average molecular weight is 555 g/mol. The molecule has 6 nitrogen and oxygen atoms in total. The van der Waals surface area contributed by atoms with E-state index in [-0.39, 0.29) is 31.2 Å². The number of halogens is 1. The van der Waals surface area contributed by atoms with Gasteiger partial charge in [0.05, 0.1) is 25.3 Å². The van der Waals surface area contributed by atoms with Gasteiger partial charge in [0, 0.05) is 38.9 Å². The Morgan fingerprint density at radius 3 is 2.71 bits per heavy atom. The molecule has 2 heterocycles. The maximum Gasteiger partial charge on any atom is 0.310 e. The third-order valence-corrected chi connectivity index (χ3v) is 8.28. The highest BCUT2D eigenvalue weighted by Crippen LogP contribution is 2.36. The van der Waals surface area contributed by atoms with Gasteiger partial charge in [-0.1, -0.05) is 18.2 Å². The highest BCUT2D eigenvalue weighted by molar-refractivity contribution is 7.90. The first-order valence-corrected chi connectivity index (χ1v) is 14.4. The van der Waals surface area contributed by atoms with Crippen molar-refractivity contribution in [2.24, 2.45) is 0 Å². The number of nitrogens with one attached hydrogen (secondary N) is 1. The van der Waals surface area contributed by atoms with Crippen LogP contribution in [0.3, 0.4) is 0 Å². The first kappa shape index (κ1) is 28.0. The molecule has 2 aromatic carbocycles. The summed E-state index contributed by atoms with van der Waals surface area (Å²) >= 11 is 0.193. The van der Waals surface area contributed by atoms with Gasteiger partial charge in [0.1, 0.15) is 17.1 Å². The van der Waals surface area contributed by atoms with Gasteiger partial charge in [-0.15, -0.1) is 16.1 Å². The zero-order valence-electron chi connectivity index (χ0n) is 21.9. The molecule has 2 aromatic heterocycles. The minimum Gasteiger partial charge on any atom is -0.598 e. The Kier molecular flexibility index (Phi) is 9.04. The summed E-state index contributed by atoms with van der Waals surface area (Å²) in [6, 6.07) is 15.0. The third kappa shape index (κ3) is 6.71. The quantitative estimate of drug-likeness (QED) is 0.182. The molecule has 9 heteroatoms. The number of carbonyl (C=O) groups excluding carboxylic acids is 1. The molecule has 0 spiro atoms. The van der Waals surface area contributed by atoms with Crippen molar-refractivity contribution in [2.45, 2.75) is 52.0 Å². The van der Waals surface area contributed by atoms with Crippen molar-refractivity contribution in [3.05, 3.63) is 82.7 Å². The van der Waals surface area contributed by atoms with Crippen molar-refractivity contribution in [1.82, 2.24) is 9.71 Å². The Morgan fingerprint density at radius 2 is 1.95 bits per heavy atom. The Balaban J connectivity index is 1.60. The van der Waals surface area contributed by atoms with Gasteiger partial charge in [-0.3, -0.25) is 9.78 Å². The summed E-state index contributed by atoms with van der Waals surface area (Å²) in [5.41, 5.74) is 2.98. The molecule has 0 fully saturated rings. The van der Waals surface area contributed by atoms with Gasteiger partial charge in [-0.25, -0.2) is 4.39 Å². The smallest absolute Gasteiger partial charge is 0.310 e. The zero-order chi connectivity index (χ0) is 27.3. The van der Waals surface area contributed by atoms with Crippen LogP contribution < -0.4 is 9.46 Å². The van der Waals surface area contributed by atoms with Crippen LogP contribution in [0.5, 0.6) is 5.75 Å². The van der Waals surface area contributed by atoms with E-state index in [0.717, 1.165) is 26.8 Å². The molecule has 4 aromatic rings. The molecule has 0 saturated carbocycles. The SMILES string of the molecule is CCOC(=O)Cc1ccccc1OCc1cc(-c2ccnc(CN[S+]([O-])C(C)(C)C)c2F)c2sccc2c1. The fraction of sp³-hybridized carbons (Fsp3) is 0.310. The molecule has 0 radical (unpaired) electrons. The second kappa shape index (κ2) is 12.3. The number of carbonyl (C=O) groups is 1. The Bertz CT molecular complexity index is 1420. The van der Waals surface area contributed by atoms with Crippen LogP contribution in [0.1, 0.15) is 44.5 Å². The van der Waals surface area contributed by atoms with Crippen LogP contribution in [0, 0.1) is 5.82 Å². The number of pyridine rings is 1. The Hall–Kier alpha value is -2.98. The van der Waals surface area contributed by atoms with Gasteiger partial charge >= 0.3 is 5.97 Å². The molecule has 38 heavy (non-hydrogen) atoms. The fourth-order valence-electron chi connectivity index (χ4n) is 3.92. The van der Waals surface area contributed by atoms with E-state index in [0.29, 0.717) is 17.9 Å². The van der Waals surface area contributed by atoms with E-state index < -0.39 is 21.9 Å². The van der Waals surface area contributed by atoms with Gasteiger partial charge in [0.2, 0.25) is 0 Å². The number of rotatable bonds is 10. The lowest BCUT2D eigenvalue weighted by atomic mass is 10.0. The molecule has 0 aliphatic rings. The van der Waals surface area contributed by atoms with Crippen molar-refractivity contribution in [2.75, 3.05) is 6.61 Å². The number of hydrogen-bond donors (Lipinski definition) is 1. The molecular formula is C29H31FN2O4S2. The van der Waals surface area contributed by atoms with Crippen LogP contribution in [0.25, 0.3) is 21.2 Å². The summed E-state index contributed by atoms with van der Waals surface area (Å²) < 4.78 is 42.7. The highest BCUT2D eigenvalue weighted by Gasteiger charge is 2.27. The number of esters is 1. The number of thiophene rings is 1. The predicted octanol–water partition coefficient (Wildman–Crippen LogP) is 6.34. The van der Waals surface area contributed by atoms with Crippen LogP contribution in [-0.4, -0.2) is 26.9 Å². The summed E-state index contributed by atoms with van der Waals surface area (Å²) in [5, 5.41) is 2.96. The van der Waals surface area contributed by atoms with Crippen LogP contribution in [0.15, 0.2) is 60.1 Å². The first-order valence-electron chi connectivity index (χ1n) is 12.3. The number of para-hydroxylation sites is 1. The van der Waals surface area contributed by atoms with Gasteiger partial charge in [-0.2, -0.15) is 0 Å². The lowest BCUT2D eigenvalue weighted by molar-refractivity contribution is -0.142. The van der Waals surface area contributed by atoms with Gasteiger partial charge < -0.3 is 14.0 Å². The van der Waals surface area contributed by atoms with Crippen LogP contribution in [0.2, 0.25) is 0 Å². The summed E-state index contributed by atoms with van der Waals surface area (Å²) in [6.45, 7) is 7.95. The topological polar surface area (TPSA) is 83.5 Å². The zero-order valence-corrected chi connectivity index (χ0v) is 23.5. The maximum atomic E-state index is 15.7. The van der Waals surface area contributed by atoms with E-state index >= 15 is 4.39 Å². The third-order valence-electron chi connectivity index (χ3n) is 5.80. The largest absolute Gasteiger partial charge is 0.598 e. The van der Waals surface area contributed by atoms with Crippen molar-refractivity contribution < 1.29 is 23.2 Å². The van der Waals surface area contributed by atoms with Gasteiger partial charge in [0.25, 0.3) is 0 Å². The number of fused-ring (bicyclic) bond motifs is 1. The van der Waals surface area contributed by atoms with Crippen LogP contribution in [-0.2, 0) is 40.5 Å². The monoisotopic (exact) mass is 554 g/mol. The summed E-state index contributed by atoms with van der Waals surface area (Å²) in [5.74, 6) is -0.156. The van der Waals surface area contributed by atoms with E-state index in [1.807, 2.05) is 68.6 Å². The normalized spacial score (nSPS) is 12.5. The van der Waals surface area contributed by atoms with Crippen molar-refractivity contribution in [1.29, 1.82) is 0 Å². The predicted molar refractivity (Wildman–Crippen MR) is 151 cm³/mol. The molecule has 1 N–H and O–H groups in total. The van der Waals surface area contributed by atoms with E-state index in [2.05, 4.69) is 9.71 Å². The van der Waals surface area contributed by atoms with E-state index in [4.69, 9.17) is 9.47 Å². The number of aromatic nitrogens is 1. The molecule has 0 saturated heterocycles. The van der Waals surface area contributed by atoms with Gasteiger partial charge in [0.15, 0.2) is 5.82 Å². The van der Waals surface area contributed by atoms with Crippen molar-refractivity contribution in [3.8, 4) is 16.9 Å². The van der Waals surface area contributed by atoms with Crippen LogP contribution >= 0.6 is 11.3 Å². The molecule has 0 aliphatic heterocycles. The molecule has 0 amide bonds. The van der Waals surface area contributed by atoms with E-state index in [1.165, 1.54) is 11.3 Å². The molecular weight excluding hydrogens is 523 g/mol. The summed E-state index contributed by atoms with van der Waals surface area (Å²) in [7, 11) is 0. The van der Waals surface area contributed by atoms with Crippen molar-refractivity contribution >= 4 is 38.8 Å².